The number of carbonyl (C=O) groups excluding carboxylic acids is 1. The molecule has 2 aromatic carbocycles. The molecule has 0 aliphatic carbocycles. The highest BCUT2D eigenvalue weighted by Crippen LogP contribution is 2.29. The number of piperidine rings is 1. The van der Waals surface area contributed by atoms with Crippen LogP contribution in [0.4, 0.5) is 21.7 Å². The molecule has 2 N–H and O–H groups in total. The molecule has 246 valence electrons. The number of hydrogen-bond donors (Lipinski definition) is 2. The summed E-state index contributed by atoms with van der Waals surface area (Å²) in [6.45, 7) is 7.46. The zero-order chi connectivity index (χ0) is 32.2. The molecule has 4 aliphatic heterocycles. The average Bonchev–Trinajstić information content (AvgIpc) is 3.09. The van der Waals surface area contributed by atoms with Gasteiger partial charge in [-0.05, 0) is 42.5 Å². The Morgan fingerprint density at radius 1 is 1.04 bits per heavy atom. The summed E-state index contributed by atoms with van der Waals surface area (Å²) in [6.07, 6.45) is -0.449. The molecule has 7 rings (SSSR count). The summed E-state index contributed by atoms with van der Waals surface area (Å²) < 4.78 is 31.9. The van der Waals surface area contributed by atoms with Crippen LogP contribution in [0.2, 0.25) is 0 Å². The topological polar surface area (TPSA) is 141 Å². The number of halogens is 1. The van der Waals surface area contributed by atoms with Gasteiger partial charge in [-0.1, -0.05) is 0 Å². The first-order chi connectivity index (χ1) is 23.0. The van der Waals surface area contributed by atoms with Crippen molar-refractivity contribution in [3.8, 4) is 23.2 Å². The molecule has 4 saturated heterocycles. The third-order valence-corrected chi connectivity index (χ3v) is 9.16. The molecule has 0 radical (unpaired) electrons. The fourth-order valence-corrected chi connectivity index (χ4v) is 6.34. The van der Waals surface area contributed by atoms with Gasteiger partial charge in [0.15, 0.2) is 12.0 Å². The van der Waals surface area contributed by atoms with Crippen LogP contribution in [0.15, 0.2) is 48.8 Å². The molecule has 4 aliphatic rings. The van der Waals surface area contributed by atoms with E-state index in [0.29, 0.717) is 49.5 Å². The average molecular weight is 644 g/mol. The fourth-order valence-electron chi connectivity index (χ4n) is 6.34. The number of nitrogens with one attached hydrogen (secondary N) is 2. The molecule has 1 aromatic heterocycles. The third kappa shape index (κ3) is 7.13. The van der Waals surface area contributed by atoms with E-state index in [-0.39, 0.29) is 30.4 Å². The van der Waals surface area contributed by atoms with Crippen LogP contribution >= 0.6 is 0 Å². The predicted octanol–water partition coefficient (Wildman–Crippen LogP) is 1.98. The second-order valence-electron chi connectivity index (χ2n) is 12.2. The molecule has 1 amide bonds. The van der Waals surface area contributed by atoms with Crippen molar-refractivity contribution in [3.63, 3.8) is 0 Å². The number of alkyl halides is 1. The Bertz CT molecular complexity index is 1590. The zero-order valence-corrected chi connectivity index (χ0v) is 26.1. The lowest BCUT2D eigenvalue weighted by Crippen LogP contribution is -2.57. The van der Waals surface area contributed by atoms with Crippen LogP contribution in [-0.2, 0) is 14.3 Å². The number of benzene rings is 2. The summed E-state index contributed by atoms with van der Waals surface area (Å²) in [5, 5.41) is 16.3. The van der Waals surface area contributed by atoms with E-state index in [4.69, 9.17) is 14.2 Å². The van der Waals surface area contributed by atoms with Crippen LogP contribution < -0.4 is 20.3 Å². The molecule has 4 fully saturated rings. The van der Waals surface area contributed by atoms with Crippen molar-refractivity contribution in [2.75, 3.05) is 82.5 Å². The van der Waals surface area contributed by atoms with Crippen LogP contribution in [0.5, 0.6) is 5.75 Å². The summed E-state index contributed by atoms with van der Waals surface area (Å²) in [5.74, 6) is 0.861. The van der Waals surface area contributed by atoms with Crippen LogP contribution in [0.3, 0.4) is 0 Å². The number of rotatable bonds is 8. The van der Waals surface area contributed by atoms with Gasteiger partial charge in [0.05, 0.1) is 44.6 Å². The monoisotopic (exact) mass is 643 g/mol. The van der Waals surface area contributed by atoms with Gasteiger partial charge in [-0.2, -0.15) is 10.2 Å². The summed E-state index contributed by atoms with van der Waals surface area (Å²) >= 11 is 0. The lowest BCUT2D eigenvalue weighted by Gasteiger charge is -2.43. The molecule has 0 unspecified atom stereocenters. The Balaban J connectivity index is 0.954. The van der Waals surface area contributed by atoms with E-state index in [0.717, 1.165) is 45.1 Å². The summed E-state index contributed by atoms with van der Waals surface area (Å²) in [5.41, 5.74) is 2.85. The number of nitriles is 1. The van der Waals surface area contributed by atoms with Gasteiger partial charge < -0.3 is 34.6 Å². The smallest absolute Gasteiger partial charge is 0.242 e. The molecule has 0 saturated carbocycles. The Hall–Kier alpha value is -4.42. The highest BCUT2D eigenvalue weighted by Gasteiger charge is 2.36. The number of carbonyl (C=O) groups is 1. The zero-order valence-electron chi connectivity index (χ0n) is 26.1. The van der Waals surface area contributed by atoms with E-state index in [1.165, 1.54) is 16.9 Å². The normalized spacial score (nSPS) is 23.9. The van der Waals surface area contributed by atoms with Crippen molar-refractivity contribution in [2.24, 2.45) is 0 Å². The largest absolute Gasteiger partial charge is 0.486 e. The van der Waals surface area contributed by atoms with Gasteiger partial charge in [-0.3, -0.25) is 9.69 Å². The van der Waals surface area contributed by atoms with Gasteiger partial charge in [0.1, 0.15) is 30.3 Å². The maximum atomic E-state index is 15.2. The maximum absolute atomic E-state index is 15.2. The standard InChI is InChI=1S/C33H38FN9O4/c34-27-17-43(32(44)28-20-45-14-8-36-28)9-7-30(27)47-29-6-1-22(15-23(29)16-35)31-37-21-38-33(40-31)39-24-2-4-25(5-3-24)41-10-12-42(13-11-41)26-18-46-19-26/h1-6,15,21,26-28,30,36H,7-14,17-20H2,(H,37,38,39,40)/t27-,28-,30-/m0/s1. The Labute approximate surface area is 272 Å². The second-order valence-corrected chi connectivity index (χ2v) is 12.2. The van der Waals surface area contributed by atoms with E-state index < -0.39 is 18.3 Å². The van der Waals surface area contributed by atoms with Crippen molar-refractivity contribution in [1.82, 2.24) is 30.1 Å². The van der Waals surface area contributed by atoms with Crippen molar-refractivity contribution in [3.05, 3.63) is 54.4 Å². The van der Waals surface area contributed by atoms with E-state index >= 15 is 4.39 Å². The quantitative estimate of drug-likeness (QED) is 0.371. The number of morpholine rings is 1. The van der Waals surface area contributed by atoms with Gasteiger partial charge in [-0.15, -0.1) is 0 Å². The van der Waals surface area contributed by atoms with Crippen LogP contribution in [0, 0.1) is 11.3 Å². The predicted molar refractivity (Wildman–Crippen MR) is 171 cm³/mol. The second kappa shape index (κ2) is 14.1. The van der Waals surface area contributed by atoms with Crippen molar-refractivity contribution in [1.29, 1.82) is 5.26 Å². The summed E-state index contributed by atoms with van der Waals surface area (Å²) in [6, 6.07) is 15.5. The Morgan fingerprint density at radius 2 is 1.87 bits per heavy atom. The number of hydrogen-bond acceptors (Lipinski definition) is 12. The van der Waals surface area contributed by atoms with Crippen LogP contribution in [0.25, 0.3) is 11.4 Å². The molecule has 0 spiro atoms. The van der Waals surface area contributed by atoms with Gasteiger partial charge in [0.2, 0.25) is 11.9 Å². The van der Waals surface area contributed by atoms with Crippen LogP contribution in [0.1, 0.15) is 12.0 Å². The number of ether oxygens (including phenoxy) is 3. The first-order valence-electron chi connectivity index (χ1n) is 16.1. The SMILES string of the molecule is N#Cc1cc(-c2ncnc(Nc3ccc(N4CCN(C5COC5)CC4)cc3)n2)ccc1O[C@H]1CCN(C(=O)[C@@H]2COCCN2)C[C@@H]1F. The number of aromatic nitrogens is 3. The molecule has 3 atom stereocenters. The van der Waals surface area contributed by atoms with Gasteiger partial charge in [-0.25, -0.2) is 14.4 Å². The Morgan fingerprint density at radius 3 is 2.57 bits per heavy atom. The van der Waals surface area contributed by atoms with Gasteiger partial charge in [0, 0.05) is 62.6 Å². The summed E-state index contributed by atoms with van der Waals surface area (Å²) in [7, 11) is 0. The highest BCUT2D eigenvalue weighted by molar-refractivity contribution is 5.82. The van der Waals surface area contributed by atoms with E-state index in [1.807, 2.05) is 12.1 Å². The molecule has 13 nitrogen and oxygen atoms in total. The molecule has 47 heavy (non-hydrogen) atoms. The van der Waals surface area contributed by atoms with Crippen molar-refractivity contribution < 1.29 is 23.4 Å². The van der Waals surface area contributed by atoms with Crippen molar-refractivity contribution >= 4 is 23.2 Å². The maximum Gasteiger partial charge on any atom is 0.242 e. The fraction of sp³-hybridized carbons (Fsp3) is 0.485. The molecular weight excluding hydrogens is 605 g/mol. The number of likely N-dealkylation sites (tertiary alicyclic amines) is 1. The third-order valence-electron chi connectivity index (χ3n) is 9.16. The minimum absolute atomic E-state index is 0.0709. The minimum atomic E-state index is -1.40. The summed E-state index contributed by atoms with van der Waals surface area (Å²) in [4.78, 5) is 32.3. The lowest BCUT2D eigenvalue weighted by atomic mass is 10.0. The lowest BCUT2D eigenvalue weighted by molar-refractivity contribution is -0.140. The Kier molecular flexibility index (Phi) is 9.39. The van der Waals surface area contributed by atoms with E-state index in [9.17, 15) is 10.1 Å². The molecule has 5 heterocycles. The van der Waals surface area contributed by atoms with Crippen LogP contribution in [-0.4, -0.2) is 127 Å². The first kappa shape index (κ1) is 31.2. The van der Waals surface area contributed by atoms with Crippen molar-refractivity contribution in [2.45, 2.75) is 30.8 Å². The number of amides is 1. The van der Waals surface area contributed by atoms with E-state index in [1.54, 1.807) is 18.2 Å². The van der Waals surface area contributed by atoms with Gasteiger partial charge in [0.25, 0.3) is 0 Å². The number of piperazine rings is 1. The minimum Gasteiger partial charge on any atom is -0.486 e. The molecular formula is C33H38FN9O4. The number of nitrogens with zero attached hydrogens (tertiary/aromatic N) is 7. The first-order valence-corrected chi connectivity index (χ1v) is 16.1. The number of anilines is 3. The van der Waals surface area contributed by atoms with Gasteiger partial charge >= 0.3 is 0 Å². The molecule has 14 heteroatoms. The molecule has 3 aromatic rings. The molecule has 0 bridgehead atoms. The highest BCUT2D eigenvalue weighted by atomic mass is 19.1. The van der Waals surface area contributed by atoms with E-state index in [2.05, 4.69) is 53.6 Å².